The largest absolute Gasteiger partial charge is 0.508 e. The maximum absolute atomic E-state index is 13.5. The number of phenols is 2. The van der Waals surface area contributed by atoms with Crippen LogP contribution >= 0.6 is 0 Å². The number of rotatable bonds is 18. The second kappa shape index (κ2) is 49.7. The molecule has 10 rings (SSSR count). The minimum absolute atomic E-state index is 0. The molecule has 0 bridgehead atoms. The van der Waals surface area contributed by atoms with E-state index in [1.54, 1.807) is 24.3 Å². The van der Waals surface area contributed by atoms with Crippen molar-refractivity contribution < 1.29 is 70.6 Å². The monoisotopic (exact) mass is 1650 g/mol. The van der Waals surface area contributed by atoms with Crippen molar-refractivity contribution in [1.82, 2.24) is 56.0 Å². The molecule has 8 heterocycles. The fourth-order valence-corrected chi connectivity index (χ4v) is 15.3. The Hall–Kier alpha value is -5.82. The standard InChI is InChI=1S/C26H41N3O4.C21H33N3O2.C16H30N2O3.C11H22N2O.C11H24N2.C6H13N.CH4.9H2/c1-17(2)22(16-28-11-9-18(3)10-12-28)27-24(31)23-14-19-7-8-21(30)13-20(19)15-29(23)25(32)33-26(4,5)6;1-14(2)20(13-24-8-6-15(3)7-9-24)23-21(26)19-11-16-4-5-18(25)10-17(16)12-22-19;1-11(2)13(17-15(20)21-16(4,5)6)14(19)18-9-7-12(3)8-10-18;1-8(2)10(12)11(14)13-6-4-9(3)5-7-13;1-9(2)11(12)8-13-6-4-10(3)5-7-13;1-6-2-4-7-5-3-6;;;;;;;;;;/h7-8,13,17-18,22-23,30H,9-12,14-16H2,1-6H3,(H,27,31);4-5,10,14-15,19-20,22,25H,6-9,11-13H2,1-3H3,(H,23,26);11-13H,7-10H2,1-6H3,(H,17,20);8-10H,4-7,12H2,1-3H3;9-11H,4-8,12H2,1-3H3;6-7H,2-5H2,1H3;1H4;9*1H/t22-,23-;19-,20-;13-;10-;11-;;;;;;;;;;;/m11001.........../s1/i;;;;;;;6*1+1D;3*1+1. The molecule has 2 aromatic carbocycles. The molecule has 6 fully saturated rings. The third-order valence-corrected chi connectivity index (χ3v) is 24.3. The molecule has 8 aliphatic rings. The number of benzene rings is 2. The van der Waals surface area contributed by atoms with Crippen LogP contribution in [-0.4, -0.2) is 227 Å². The van der Waals surface area contributed by atoms with E-state index in [1.807, 2.05) is 91.2 Å². The van der Waals surface area contributed by atoms with Gasteiger partial charge in [-0.05, 0) is 289 Å². The number of hydrogen-bond acceptors (Lipinski definition) is 17. The van der Waals surface area contributed by atoms with Crippen LogP contribution in [0.15, 0.2) is 36.4 Å². The number of nitrogens with two attached hydrogens (primary N) is 2. The number of nitrogens with one attached hydrogen (secondary N) is 5. The molecule has 7 atom stereocenters. The molecule has 0 spiro atoms. The van der Waals surface area contributed by atoms with E-state index < -0.39 is 35.5 Å². The molecule has 6 saturated heterocycles. The minimum atomic E-state index is -0.664. The van der Waals surface area contributed by atoms with Crippen molar-refractivity contribution in [3.05, 3.63) is 58.7 Å². The topological polar surface area (TPSA) is 293 Å². The van der Waals surface area contributed by atoms with Gasteiger partial charge in [-0.1, -0.05) is 130 Å². The third-order valence-electron chi connectivity index (χ3n) is 24.3. The summed E-state index contributed by atoms with van der Waals surface area (Å²) in [6.07, 6.45) is 14.7. The Kier molecular flexibility index (Phi) is 39.5. The van der Waals surface area contributed by atoms with E-state index in [4.69, 9.17) is 38.8 Å². The van der Waals surface area contributed by atoms with E-state index in [0.717, 1.165) is 150 Å². The highest BCUT2D eigenvalue weighted by molar-refractivity contribution is 5.88. The Morgan fingerprint density at radius 1 is 0.487 bits per heavy atom. The van der Waals surface area contributed by atoms with Crippen molar-refractivity contribution in [2.75, 3.05) is 98.2 Å². The highest BCUT2D eigenvalue weighted by Gasteiger charge is 2.40. The van der Waals surface area contributed by atoms with Crippen LogP contribution in [0.25, 0.3) is 0 Å². The molecule has 0 aliphatic carbocycles. The number of alkyl carbamates (subject to hydrolysis) is 1. The quantitative estimate of drug-likeness (QED) is 0.0670. The van der Waals surface area contributed by atoms with E-state index in [9.17, 15) is 39.0 Å². The molecule has 0 radical (unpaired) electrons. The molecule has 115 heavy (non-hydrogen) atoms. The lowest BCUT2D eigenvalue weighted by Crippen LogP contribution is -2.57. The number of piperidine rings is 6. The van der Waals surface area contributed by atoms with Gasteiger partial charge in [0.25, 0.3) is 0 Å². The zero-order valence-corrected chi connectivity index (χ0v) is 75.3. The zero-order chi connectivity index (χ0) is 96.9. The second-order valence-corrected chi connectivity index (χ2v) is 39.0. The molecule has 0 saturated carbocycles. The number of amides is 6. The van der Waals surface area contributed by atoms with Crippen LogP contribution in [0.2, 0.25) is 0 Å². The van der Waals surface area contributed by atoms with Crippen LogP contribution in [0.5, 0.6) is 11.5 Å². The third kappa shape index (κ3) is 37.2. The number of carbonyl (C=O) groups is 6. The Labute approximate surface area is 720 Å². The first-order valence-corrected chi connectivity index (χ1v) is 44.4. The molecular weight excluding hydrogens is 1450 g/mol. The van der Waals surface area contributed by atoms with E-state index in [2.05, 4.69) is 124 Å². The van der Waals surface area contributed by atoms with Gasteiger partial charge in [0, 0.05) is 99.0 Å². The maximum atomic E-state index is 13.5. The summed E-state index contributed by atoms with van der Waals surface area (Å²) in [7, 11) is 0. The van der Waals surface area contributed by atoms with Crippen molar-refractivity contribution in [1.29, 1.82) is 0 Å². The van der Waals surface area contributed by atoms with Gasteiger partial charge in [-0.3, -0.25) is 24.1 Å². The SMILES string of the molecule is C.CC1CCN(C(=O)[C@@H](N)C(C)C)CC1.CC1CCN(C(=O)[C@@H](NC(=O)OC(C)(C)C)C(C)C)CC1.CC1CCN(C[C@@H](N)C(C)C)CC1.CC1CCN(C[C@@H](NC(=O)[C@H]2Cc3ccc(O)cc3CN2)C(C)C)CC1.CC1CCN(C[C@@H](NC(=O)[C@H]2Cc3ccc(O)cc3CN2C(=O)OC(C)(C)C)C(C)C)CC1.CC1CCNCC1.[2HH].[2HH].[2HH].[2H][2H].[2H][2H].[2H][2H].[2H][2H].[2H][2H].[2H][2H]. The van der Waals surface area contributed by atoms with Crippen LogP contribution in [0.3, 0.4) is 0 Å². The van der Waals surface area contributed by atoms with Gasteiger partial charge < -0.3 is 82.2 Å². The minimum Gasteiger partial charge on any atom is -0.508 e. The lowest BCUT2D eigenvalue weighted by molar-refractivity contribution is -0.136. The first-order chi connectivity index (χ1) is 59.4. The Bertz CT molecular complexity index is 3230. The van der Waals surface area contributed by atoms with Gasteiger partial charge in [0.2, 0.25) is 23.6 Å². The zero-order valence-electron chi connectivity index (χ0n) is 87.3. The van der Waals surface area contributed by atoms with E-state index in [1.165, 1.54) is 82.4 Å². The normalized spacial score (nSPS) is 21.8. The summed E-state index contributed by atoms with van der Waals surface area (Å²) in [5.74, 6) is 6.98. The summed E-state index contributed by atoms with van der Waals surface area (Å²) in [6, 6.07) is 9.40. The molecule has 23 nitrogen and oxygen atoms in total. The molecule has 11 N–H and O–H groups in total. The predicted octanol–water partition coefficient (Wildman–Crippen LogP) is 15.8. The Morgan fingerprint density at radius 2 is 0.878 bits per heavy atom. The molecule has 2 aromatic rings. The number of aromatic hydroxyl groups is 2. The van der Waals surface area contributed by atoms with Crippen LogP contribution in [0, 0.1) is 65.1 Å². The molecule has 0 unspecified atom stereocenters. The van der Waals surface area contributed by atoms with Crippen LogP contribution in [0.4, 0.5) is 9.59 Å². The predicted molar refractivity (Wildman–Crippen MR) is 488 cm³/mol. The summed E-state index contributed by atoms with van der Waals surface area (Å²) >= 11 is 0. The first-order valence-electron chi connectivity index (χ1n) is 50.4. The fraction of sp³-hybridized carbons (Fsp3) is 0.804. The van der Waals surface area contributed by atoms with Gasteiger partial charge >= 0.3 is 12.2 Å². The van der Waals surface area contributed by atoms with Gasteiger partial charge in [0.05, 0.1) is 18.6 Å². The highest BCUT2D eigenvalue weighted by Crippen LogP contribution is 2.31. The number of likely N-dealkylation sites (tertiary alicyclic amines) is 5. The average molecular weight is 1650 g/mol. The van der Waals surface area contributed by atoms with Gasteiger partial charge in [-0.15, -0.1) is 0 Å². The lowest BCUT2D eigenvalue weighted by Gasteiger charge is -2.39. The lowest BCUT2D eigenvalue weighted by atomic mass is 9.92. The highest BCUT2D eigenvalue weighted by atomic mass is 16.6. The van der Waals surface area contributed by atoms with Crippen LogP contribution < -0.4 is 38.1 Å². The Morgan fingerprint density at radius 3 is 1.27 bits per heavy atom. The second-order valence-electron chi connectivity index (χ2n) is 39.0. The number of phenolic OH excluding ortho intramolecular Hbond substituents is 2. The first kappa shape index (κ1) is 91.5. The number of ether oxygens (including phenoxy) is 2. The summed E-state index contributed by atoms with van der Waals surface area (Å²) < 4.78 is 70.9. The molecule has 6 amide bonds. The number of carbonyl (C=O) groups excluding carboxylic acids is 6. The summed E-state index contributed by atoms with van der Waals surface area (Å²) in [6.45, 7) is 61.9. The van der Waals surface area contributed by atoms with E-state index in [-0.39, 0.29) is 95.3 Å². The van der Waals surface area contributed by atoms with Gasteiger partial charge in [-0.2, -0.15) is 0 Å². The van der Waals surface area contributed by atoms with E-state index in [0.29, 0.717) is 43.2 Å². The summed E-state index contributed by atoms with van der Waals surface area (Å²) in [5.41, 5.74) is 14.7. The summed E-state index contributed by atoms with van der Waals surface area (Å²) in [4.78, 5) is 88.5. The number of hydrogen-bond donors (Lipinski definition) is 9. The maximum Gasteiger partial charge on any atom is 0.411 e. The summed E-state index contributed by atoms with van der Waals surface area (Å²) in [5, 5.41) is 35.4. The van der Waals surface area contributed by atoms with E-state index >= 15 is 0 Å². The van der Waals surface area contributed by atoms with Crippen LogP contribution in [0.1, 0.15) is 281 Å². The van der Waals surface area contributed by atoms with Gasteiger partial charge in [-0.25, -0.2) is 9.59 Å². The van der Waals surface area contributed by atoms with Crippen molar-refractivity contribution >= 4 is 35.8 Å². The number of fused-ring (bicyclic) bond motifs is 2. The Balaban J connectivity index is -0.000000359. The average Bonchev–Trinajstić information content (AvgIpc) is 0.767. The molecule has 0 aromatic heterocycles. The van der Waals surface area contributed by atoms with Gasteiger partial charge in [0.1, 0.15) is 34.8 Å². The molecule has 8 aliphatic heterocycles. The van der Waals surface area contributed by atoms with Crippen molar-refractivity contribution in [2.24, 2.45) is 76.6 Å². The molecule has 678 valence electrons. The fourth-order valence-electron chi connectivity index (χ4n) is 15.3. The van der Waals surface area contributed by atoms with Crippen molar-refractivity contribution in [3.63, 3.8) is 0 Å². The van der Waals surface area contributed by atoms with Crippen molar-refractivity contribution in [2.45, 2.75) is 316 Å². The molecular formula is C92H185N13O10. The number of nitrogens with zero attached hydrogens (tertiary/aromatic N) is 6. The smallest absolute Gasteiger partial charge is 0.411 e. The van der Waals surface area contributed by atoms with Crippen LogP contribution in [-0.2, 0) is 54.6 Å². The van der Waals surface area contributed by atoms with Gasteiger partial charge in [0.15, 0.2) is 0 Å². The van der Waals surface area contributed by atoms with Crippen molar-refractivity contribution in [3.8, 4) is 11.5 Å². The molecule has 23 heteroatoms.